The van der Waals surface area contributed by atoms with Crippen molar-refractivity contribution in [3.8, 4) is 0 Å². The standard InChI is InChI=1S/C9H7.2CH3.Hf/c1-2-5-9-7-3-6-8(9)4-1;;;/h1-7H;2*1H3;. The van der Waals surface area contributed by atoms with Crippen LogP contribution >= 0.6 is 0 Å². The second-order valence-electron chi connectivity index (χ2n) is 3.54. The SMILES string of the molecule is [CH3][Hf]([CH3])[CH]1C=Cc2ccccc21. The summed E-state index contributed by atoms with van der Waals surface area (Å²) in [5.41, 5.74) is 3.04. The van der Waals surface area contributed by atoms with Crippen LogP contribution in [0.3, 0.4) is 0 Å². The Kier molecular flexibility index (Phi) is 2.31. The van der Waals surface area contributed by atoms with Crippen molar-refractivity contribution in [2.24, 2.45) is 0 Å². The van der Waals surface area contributed by atoms with Crippen molar-refractivity contribution in [2.45, 2.75) is 13.0 Å². The van der Waals surface area contributed by atoms with Gasteiger partial charge in [0.15, 0.2) is 0 Å². The van der Waals surface area contributed by atoms with E-state index in [1.807, 2.05) is 0 Å². The second kappa shape index (κ2) is 3.29. The van der Waals surface area contributed by atoms with Crippen LogP contribution in [-0.2, 0) is 21.4 Å². The van der Waals surface area contributed by atoms with E-state index >= 15 is 0 Å². The van der Waals surface area contributed by atoms with Gasteiger partial charge in [0.2, 0.25) is 0 Å². The van der Waals surface area contributed by atoms with Gasteiger partial charge in [-0.3, -0.25) is 0 Å². The molecule has 0 aromatic heterocycles. The van der Waals surface area contributed by atoms with E-state index in [1.54, 1.807) is 5.56 Å². The number of fused-ring (bicyclic) bond motifs is 1. The molecule has 1 aliphatic rings. The van der Waals surface area contributed by atoms with E-state index in [0.717, 1.165) is 3.67 Å². The van der Waals surface area contributed by atoms with Gasteiger partial charge in [0.1, 0.15) is 0 Å². The van der Waals surface area contributed by atoms with E-state index in [2.05, 4.69) is 45.8 Å². The summed E-state index contributed by atoms with van der Waals surface area (Å²) in [6, 6.07) is 8.80. The number of allylic oxidation sites excluding steroid dienone is 1. The summed E-state index contributed by atoms with van der Waals surface area (Å²) in [5.74, 6) is 0. The molecule has 0 bridgehead atoms. The van der Waals surface area contributed by atoms with Crippen molar-refractivity contribution in [2.75, 3.05) is 0 Å². The number of hydrogen-bond acceptors (Lipinski definition) is 0. The van der Waals surface area contributed by atoms with Gasteiger partial charge in [-0.1, -0.05) is 0 Å². The number of benzene rings is 1. The fourth-order valence-electron chi connectivity index (χ4n) is 1.75. The molecule has 1 heteroatoms. The molecule has 0 fully saturated rings. The molecule has 12 heavy (non-hydrogen) atoms. The fourth-order valence-corrected chi connectivity index (χ4v) is 6.66. The van der Waals surface area contributed by atoms with E-state index < -0.39 is 21.4 Å². The molecule has 1 aromatic rings. The molecular formula is C11H13Hf. The van der Waals surface area contributed by atoms with Gasteiger partial charge in [0, 0.05) is 0 Å². The summed E-state index contributed by atoms with van der Waals surface area (Å²) in [6.07, 6.45) is 4.70. The molecule has 0 saturated heterocycles. The van der Waals surface area contributed by atoms with Gasteiger partial charge >= 0.3 is 82.0 Å². The first kappa shape index (κ1) is 8.43. The molecule has 2 rings (SSSR count). The molecule has 1 unspecified atom stereocenters. The average molecular weight is 324 g/mol. The van der Waals surface area contributed by atoms with Crippen LogP contribution in [0.25, 0.3) is 6.08 Å². The molecule has 61 valence electrons. The maximum atomic E-state index is 2.49. The summed E-state index contributed by atoms with van der Waals surface area (Å²) in [6.45, 7) is 0. The van der Waals surface area contributed by atoms with Crippen LogP contribution in [-0.4, -0.2) is 0 Å². The second-order valence-corrected chi connectivity index (χ2v) is 13.5. The van der Waals surface area contributed by atoms with Crippen molar-refractivity contribution in [3.63, 3.8) is 0 Å². The minimum atomic E-state index is -1.22. The van der Waals surface area contributed by atoms with Crippen LogP contribution < -0.4 is 0 Å². The van der Waals surface area contributed by atoms with Crippen molar-refractivity contribution in [1.29, 1.82) is 0 Å². The van der Waals surface area contributed by atoms with Crippen molar-refractivity contribution >= 4 is 6.08 Å². The Balaban J connectivity index is 2.42. The third-order valence-electron chi connectivity index (χ3n) is 2.42. The van der Waals surface area contributed by atoms with Crippen LogP contribution in [0.5, 0.6) is 0 Å². The van der Waals surface area contributed by atoms with Gasteiger partial charge in [0.05, 0.1) is 0 Å². The first-order valence-electron chi connectivity index (χ1n) is 4.36. The monoisotopic (exact) mass is 325 g/mol. The minimum absolute atomic E-state index is 0.853. The average Bonchev–Trinajstić information content (AvgIpc) is 2.47. The van der Waals surface area contributed by atoms with Crippen LogP contribution in [0.2, 0.25) is 9.36 Å². The van der Waals surface area contributed by atoms with Crippen LogP contribution in [0.1, 0.15) is 14.8 Å². The topological polar surface area (TPSA) is 0 Å². The summed E-state index contributed by atoms with van der Waals surface area (Å²) >= 11 is -1.22. The van der Waals surface area contributed by atoms with Gasteiger partial charge in [-0.25, -0.2) is 0 Å². The first-order valence-corrected chi connectivity index (χ1v) is 13.6. The molecular weight excluding hydrogens is 311 g/mol. The molecule has 0 saturated carbocycles. The summed E-state index contributed by atoms with van der Waals surface area (Å²) in [5, 5.41) is 0. The molecule has 0 N–H and O–H groups in total. The normalized spacial score (nSPS) is 19.3. The maximum absolute atomic E-state index is 2.49. The zero-order valence-corrected chi connectivity index (χ0v) is 11.1. The Bertz CT molecular complexity index is 313. The molecule has 0 radical (unpaired) electrons. The van der Waals surface area contributed by atoms with Crippen molar-refractivity contribution < 1.29 is 21.4 Å². The Labute approximate surface area is 81.8 Å². The third-order valence-corrected chi connectivity index (χ3v) is 8.70. The fraction of sp³-hybridized carbons (Fsp3) is 0.273. The molecule has 1 aliphatic carbocycles. The molecule has 0 amide bonds. The Morgan fingerprint density at radius 3 is 2.67 bits per heavy atom. The Morgan fingerprint density at radius 1 is 1.17 bits per heavy atom. The van der Waals surface area contributed by atoms with Gasteiger partial charge < -0.3 is 0 Å². The first-order chi connectivity index (χ1) is 5.79. The van der Waals surface area contributed by atoms with E-state index in [-0.39, 0.29) is 0 Å². The zero-order chi connectivity index (χ0) is 8.55. The molecule has 1 aromatic carbocycles. The molecule has 0 spiro atoms. The van der Waals surface area contributed by atoms with Crippen LogP contribution in [0.15, 0.2) is 30.3 Å². The van der Waals surface area contributed by atoms with Crippen LogP contribution in [0.4, 0.5) is 0 Å². The number of hydrogen-bond donors (Lipinski definition) is 0. The van der Waals surface area contributed by atoms with Gasteiger partial charge in [-0.05, 0) is 0 Å². The Hall–Kier alpha value is -0.170. The van der Waals surface area contributed by atoms with E-state index in [4.69, 9.17) is 0 Å². The number of rotatable bonds is 1. The van der Waals surface area contributed by atoms with Gasteiger partial charge in [-0.15, -0.1) is 0 Å². The summed E-state index contributed by atoms with van der Waals surface area (Å²) < 4.78 is 5.83. The summed E-state index contributed by atoms with van der Waals surface area (Å²) in [4.78, 5) is 0. The van der Waals surface area contributed by atoms with Crippen molar-refractivity contribution in [3.05, 3.63) is 41.5 Å². The molecule has 0 nitrogen and oxygen atoms in total. The van der Waals surface area contributed by atoms with Gasteiger partial charge in [0.25, 0.3) is 0 Å². The predicted octanol–water partition coefficient (Wildman–Crippen LogP) is 3.47. The Morgan fingerprint density at radius 2 is 1.92 bits per heavy atom. The zero-order valence-electron chi connectivity index (χ0n) is 7.54. The van der Waals surface area contributed by atoms with E-state index in [9.17, 15) is 0 Å². The molecule has 0 heterocycles. The summed E-state index contributed by atoms with van der Waals surface area (Å²) in [7, 11) is 0. The van der Waals surface area contributed by atoms with E-state index in [1.165, 1.54) is 5.56 Å². The predicted molar refractivity (Wildman–Crippen MR) is 49.9 cm³/mol. The third kappa shape index (κ3) is 1.35. The molecule has 0 aliphatic heterocycles. The quantitative estimate of drug-likeness (QED) is 0.694. The molecule has 1 atom stereocenters. The van der Waals surface area contributed by atoms with Crippen LogP contribution in [0, 0.1) is 0 Å². The van der Waals surface area contributed by atoms with E-state index in [0.29, 0.717) is 0 Å². The van der Waals surface area contributed by atoms with Crippen molar-refractivity contribution in [1.82, 2.24) is 0 Å². The van der Waals surface area contributed by atoms with Gasteiger partial charge in [-0.2, -0.15) is 0 Å².